The van der Waals surface area contributed by atoms with Crippen LogP contribution in [-0.4, -0.2) is 54.2 Å². The molecule has 3 rings (SSSR count). The predicted octanol–water partition coefficient (Wildman–Crippen LogP) is 3.61. The van der Waals surface area contributed by atoms with Crippen LogP contribution < -0.4 is 0 Å². The number of oxime groups is 1. The summed E-state index contributed by atoms with van der Waals surface area (Å²) >= 11 is 0. The summed E-state index contributed by atoms with van der Waals surface area (Å²) in [4.78, 5) is 17.8. The van der Waals surface area contributed by atoms with Crippen molar-refractivity contribution in [2.75, 3.05) is 26.3 Å². The fourth-order valence-corrected chi connectivity index (χ4v) is 3.04. The Labute approximate surface area is 159 Å². The summed E-state index contributed by atoms with van der Waals surface area (Å²) in [7, 11) is 0. The zero-order chi connectivity index (χ0) is 18.9. The molecule has 0 aliphatic carbocycles. The van der Waals surface area contributed by atoms with Crippen molar-refractivity contribution in [2.24, 2.45) is 5.16 Å². The lowest BCUT2D eigenvalue weighted by molar-refractivity contribution is -0.0192. The number of hydrogen-bond donors (Lipinski definition) is 1. The SMILES string of the molecule is O=C(O)N1CCC(OCCON=C(c2ccccc2)c2ccccc2)CC1. The molecule has 1 saturated heterocycles. The average molecular weight is 368 g/mol. The van der Waals surface area contributed by atoms with Gasteiger partial charge in [0.1, 0.15) is 12.3 Å². The number of amides is 1. The summed E-state index contributed by atoms with van der Waals surface area (Å²) in [6.07, 6.45) is 0.653. The Kier molecular flexibility index (Phi) is 6.82. The fourth-order valence-electron chi connectivity index (χ4n) is 3.04. The Hall–Kier alpha value is -2.86. The van der Waals surface area contributed by atoms with Gasteiger partial charge in [0.25, 0.3) is 0 Å². The molecule has 1 aliphatic heterocycles. The van der Waals surface area contributed by atoms with E-state index in [1.54, 1.807) is 0 Å². The molecule has 1 amide bonds. The Morgan fingerprint density at radius 2 is 1.52 bits per heavy atom. The maximum absolute atomic E-state index is 10.9. The van der Waals surface area contributed by atoms with Gasteiger partial charge in [-0.25, -0.2) is 4.79 Å². The molecule has 6 heteroatoms. The Bertz CT molecular complexity index is 700. The van der Waals surface area contributed by atoms with E-state index in [1.165, 1.54) is 4.90 Å². The molecule has 1 heterocycles. The highest BCUT2D eigenvalue weighted by atomic mass is 16.6. The molecule has 27 heavy (non-hydrogen) atoms. The summed E-state index contributed by atoms with van der Waals surface area (Å²) in [6, 6.07) is 19.8. The smallest absolute Gasteiger partial charge is 0.407 e. The van der Waals surface area contributed by atoms with Crippen LogP contribution in [0.15, 0.2) is 65.8 Å². The highest BCUT2D eigenvalue weighted by Gasteiger charge is 2.22. The first-order valence-corrected chi connectivity index (χ1v) is 9.14. The quantitative estimate of drug-likeness (QED) is 0.460. The first kappa shape index (κ1) is 18.9. The van der Waals surface area contributed by atoms with E-state index < -0.39 is 6.09 Å². The van der Waals surface area contributed by atoms with Gasteiger partial charge in [0.05, 0.1) is 12.7 Å². The number of nitrogens with zero attached hydrogens (tertiary/aromatic N) is 2. The third-order valence-corrected chi connectivity index (χ3v) is 4.49. The number of rotatable bonds is 7. The molecule has 2 aromatic carbocycles. The molecular weight excluding hydrogens is 344 g/mol. The Balaban J connectivity index is 1.50. The number of benzene rings is 2. The van der Waals surface area contributed by atoms with Crippen molar-refractivity contribution in [3.05, 3.63) is 71.8 Å². The van der Waals surface area contributed by atoms with Gasteiger partial charge in [-0.3, -0.25) is 0 Å². The van der Waals surface area contributed by atoms with Gasteiger partial charge in [-0.15, -0.1) is 0 Å². The second kappa shape index (κ2) is 9.73. The minimum Gasteiger partial charge on any atom is -0.465 e. The van der Waals surface area contributed by atoms with Crippen molar-refractivity contribution < 1.29 is 19.5 Å². The predicted molar refractivity (Wildman–Crippen MR) is 103 cm³/mol. The van der Waals surface area contributed by atoms with E-state index in [0.29, 0.717) is 26.3 Å². The van der Waals surface area contributed by atoms with Gasteiger partial charge in [-0.05, 0) is 12.8 Å². The van der Waals surface area contributed by atoms with Gasteiger partial charge in [0, 0.05) is 24.2 Å². The minimum absolute atomic E-state index is 0.0795. The molecular formula is C21H24N2O4. The van der Waals surface area contributed by atoms with Crippen LogP contribution in [-0.2, 0) is 9.57 Å². The molecule has 0 atom stereocenters. The topological polar surface area (TPSA) is 71.4 Å². The lowest BCUT2D eigenvalue weighted by Crippen LogP contribution is -2.40. The molecule has 6 nitrogen and oxygen atoms in total. The normalized spacial score (nSPS) is 14.6. The molecule has 1 fully saturated rings. The highest BCUT2D eigenvalue weighted by Crippen LogP contribution is 2.14. The monoisotopic (exact) mass is 368 g/mol. The van der Waals surface area contributed by atoms with Gasteiger partial charge in [-0.2, -0.15) is 0 Å². The van der Waals surface area contributed by atoms with E-state index in [9.17, 15) is 4.79 Å². The van der Waals surface area contributed by atoms with Gasteiger partial charge < -0.3 is 19.6 Å². The number of ether oxygens (including phenoxy) is 1. The van der Waals surface area contributed by atoms with Crippen LogP contribution in [0.3, 0.4) is 0 Å². The minimum atomic E-state index is -0.861. The molecule has 0 saturated carbocycles. The number of carbonyl (C=O) groups is 1. The zero-order valence-corrected chi connectivity index (χ0v) is 15.2. The second-order valence-corrected chi connectivity index (χ2v) is 6.34. The molecule has 142 valence electrons. The van der Waals surface area contributed by atoms with E-state index in [4.69, 9.17) is 14.7 Å². The number of carboxylic acid groups (broad SMARTS) is 1. The maximum Gasteiger partial charge on any atom is 0.407 e. The van der Waals surface area contributed by atoms with Crippen molar-refractivity contribution in [1.29, 1.82) is 0 Å². The van der Waals surface area contributed by atoms with Gasteiger partial charge in [0.15, 0.2) is 0 Å². The molecule has 0 spiro atoms. The van der Waals surface area contributed by atoms with Crippen molar-refractivity contribution in [1.82, 2.24) is 4.90 Å². The molecule has 1 aliphatic rings. The zero-order valence-electron chi connectivity index (χ0n) is 15.2. The van der Waals surface area contributed by atoms with Crippen LogP contribution in [0.2, 0.25) is 0 Å². The molecule has 0 unspecified atom stereocenters. The highest BCUT2D eigenvalue weighted by molar-refractivity contribution is 6.12. The van der Waals surface area contributed by atoms with Crippen LogP contribution in [0.1, 0.15) is 24.0 Å². The van der Waals surface area contributed by atoms with Gasteiger partial charge >= 0.3 is 6.09 Å². The van der Waals surface area contributed by atoms with Crippen LogP contribution in [0.4, 0.5) is 4.79 Å². The standard InChI is InChI=1S/C21H24N2O4/c24-21(25)23-13-11-19(12-14-23)26-15-16-27-22-20(17-7-3-1-4-8-17)18-9-5-2-6-10-18/h1-10,19H,11-16H2,(H,24,25). The second-order valence-electron chi connectivity index (χ2n) is 6.34. The number of likely N-dealkylation sites (tertiary alicyclic amines) is 1. The fraction of sp³-hybridized carbons (Fsp3) is 0.333. The third-order valence-electron chi connectivity index (χ3n) is 4.49. The molecule has 0 radical (unpaired) electrons. The van der Waals surface area contributed by atoms with E-state index in [1.807, 2.05) is 60.7 Å². The van der Waals surface area contributed by atoms with Crippen LogP contribution in [0.5, 0.6) is 0 Å². The van der Waals surface area contributed by atoms with Crippen molar-refractivity contribution in [2.45, 2.75) is 18.9 Å². The third kappa shape index (κ3) is 5.56. The van der Waals surface area contributed by atoms with E-state index in [2.05, 4.69) is 5.16 Å². The number of piperidine rings is 1. The summed E-state index contributed by atoms with van der Waals surface area (Å²) < 4.78 is 5.79. The molecule has 0 bridgehead atoms. The van der Waals surface area contributed by atoms with Crippen LogP contribution in [0, 0.1) is 0 Å². The first-order valence-electron chi connectivity index (χ1n) is 9.14. The van der Waals surface area contributed by atoms with Crippen molar-refractivity contribution in [3.8, 4) is 0 Å². The van der Waals surface area contributed by atoms with E-state index in [-0.39, 0.29) is 6.10 Å². The van der Waals surface area contributed by atoms with E-state index in [0.717, 1.165) is 29.7 Å². The lowest BCUT2D eigenvalue weighted by atomic mass is 10.0. The summed E-state index contributed by atoms with van der Waals surface area (Å²) in [5, 5.41) is 13.3. The summed E-state index contributed by atoms with van der Waals surface area (Å²) in [5.74, 6) is 0. The Morgan fingerprint density at radius 3 is 2.04 bits per heavy atom. The summed E-state index contributed by atoms with van der Waals surface area (Å²) in [6.45, 7) is 1.82. The molecule has 1 N–H and O–H groups in total. The average Bonchev–Trinajstić information content (AvgIpc) is 2.72. The maximum atomic E-state index is 10.9. The van der Waals surface area contributed by atoms with E-state index >= 15 is 0 Å². The van der Waals surface area contributed by atoms with Crippen LogP contribution in [0.25, 0.3) is 0 Å². The largest absolute Gasteiger partial charge is 0.465 e. The molecule has 2 aromatic rings. The van der Waals surface area contributed by atoms with Crippen molar-refractivity contribution in [3.63, 3.8) is 0 Å². The van der Waals surface area contributed by atoms with Gasteiger partial charge in [0.2, 0.25) is 0 Å². The number of hydrogen-bond acceptors (Lipinski definition) is 4. The lowest BCUT2D eigenvalue weighted by Gasteiger charge is -2.29. The first-order chi connectivity index (χ1) is 13.2. The summed E-state index contributed by atoms with van der Waals surface area (Å²) in [5.41, 5.74) is 2.77. The van der Waals surface area contributed by atoms with Crippen molar-refractivity contribution >= 4 is 11.8 Å². The Morgan fingerprint density at radius 1 is 0.963 bits per heavy atom. The van der Waals surface area contributed by atoms with Gasteiger partial charge in [-0.1, -0.05) is 65.8 Å². The van der Waals surface area contributed by atoms with Crippen LogP contribution >= 0.6 is 0 Å². The molecule has 0 aromatic heterocycles.